The largest absolute Gasteiger partial charge is 0.378 e. The lowest BCUT2D eigenvalue weighted by Gasteiger charge is -2.09. The molecule has 100 valence electrons. The zero-order chi connectivity index (χ0) is 13.8. The van der Waals surface area contributed by atoms with Crippen LogP contribution in [-0.4, -0.2) is 9.78 Å². The van der Waals surface area contributed by atoms with Crippen LogP contribution in [0.1, 0.15) is 11.1 Å². The van der Waals surface area contributed by atoms with Crippen LogP contribution in [-0.2, 0) is 20.1 Å². The molecule has 1 aromatic carbocycles. The van der Waals surface area contributed by atoms with Gasteiger partial charge in [0.25, 0.3) is 5.56 Å². The standard InChI is InChI=1S/C13H15ClN4O/c1-18-13(19)12(14)11(8-17-18)16-7-10-4-2-9(6-15)3-5-10/h2-5,8,16H,6-7,15H2,1H3. The van der Waals surface area contributed by atoms with Gasteiger partial charge in [-0.2, -0.15) is 5.10 Å². The first-order valence-electron chi connectivity index (χ1n) is 5.85. The molecule has 0 aliphatic heterocycles. The van der Waals surface area contributed by atoms with E-state index in [1.807, 2.05) is 24.3 Å². The molecule has 0 aliphatic carbocycles. The molecule has 0 radical (unpaired) electrons. The zero-order valence-electron chi connectivity index (χ0n) is 10.6. The fraction of sp³-hybridized carbons (Fsp3) is 0.231. The smallest absolute Gasteiger partial charge is 0.287 e. The van der Waals surface area contributed by atoms with Crippen LogP contribution in [0.2, 0.25) is 5.02 Å². The highest BCUT2D eigenvalue weighted by atomic mass is 35.5. The lowest BCUT2D eigenvalue weighted by molar-refractivity contribution is 0.708. The van der Waals surface area contributed by atoms with Gasteiger partial charge in [-0.05, 0) is 11.1 Å². The van der Waals surface area contributed by atoms with Crippen LogP contribution in [0.3, 0.4) is 0 Å². The first kappa shape index (κ1) is 13.6. The van der Waals surface area contributed by atoms with Gasteiger partial charge in [0.2, 0.25) is 0 Å². The zero-order valence-corrected chi connectivity index (χ0v) is 11.3. The Bertz CT molecular complexity index is 622. The maximum Gasteiger partial charge on any atom is 0.287 e. The first-order chi connectivity index (χ1) is 9.11. The average molecular weight is 279 g/mol. The van der Waals surface area contributed by atoms with Crippen molar-refractivity contribution < 1.29 is 0 Å². The SMILES string of the molecule is Cn1ncc(NCc2ccc(CN)cc2)c(Cl)c1=O. The molecular formula is C13H15ClN4O. The van der Waals surface area contributed by atoms with Crippen molar-refractivity contribution in [1.29, 1.82) is 0 Å². The highest BCUT2D eigenvalue weighted by molar-refractivity contribution is 6.32. The maximum atomic E-state index is 11.6. The number of benzene rings is 1. The summed E-state index contributed by atoms with van der Waals surface area (Å²) in [5.41, 5.74) is 7.92. The predicted molar refractivity (Wildman–Crippen MR) is 76.1 cm³/mol. The van der Waals surface area contributed by atoms with Gasteiger partial charge in [0.05, 0.1) is 11.9 Å². The number of anilines is 1. The van der Waals surface area contributed by atoms with E-state index in [1.54, 1.807) is 7.05 Å². The summed E-state index contributed by atoms with van der Waals surface area (Å²) >= 11 is 5.96. The Morgan fingerprint density at radius 2 is 1.95 bits per heavy atom. The second-order valence-electron chi connectivity index (χ2n) is 4.18. The molecule has 5 nitrogen and oxygen atoms in total. The van der Waals surface area contributed by atoms with Crippen LogP contribution in [0.15, 0.2) is 35.3 Å². The third kappa shape index (κ3) is 3.13. The van der Waals surface area contributed by atoms with Crippen molar-refractivity contribution in [3.05, 3.63) is 57.0 Å². The average Bonchev–Trinajstić information content (AvgIpc) is 2.45. The minimum absolute atomic E-state index is 0.149. The van der Waals surface area contributed by atoms with E-state index in [0.29, 0.717) is 18.8 Å². The van der Waals surface area contributed by atoms with Gasteiger partial charge in [-0.25, -0.2) is 4.68 Å². The minimum Gasteiger partial charge on any atom is -0.378 e. The van der Waals surface area contributed by atoms with Crippen molar-refractivity contribution >= 4 is 17.3 Å². The molecule has 0 aliphatic rings. The van der Waals surface area contributed by atoms with Gasteiger partial charge in [0.15, 0.2) is 0 Å². The number of halogens is 1. The molecule has 3 N–H and O–H groups in total. The van der Waals surface area contributed by atoms with Crippen LogP contribution in [0.5, 0.6) is 0 Å². The third-order valence-corrected chi connectivity index (χ3v) is 3.19. The number of aromatic nitrogens is 2. The van der Waals surface area contributed by atoms with Crippen LogP contribution in [0, 0.1) is 0 Å². The molecule has 2 aromatic rings. The van der Waals surface area contributed by atoms with Gasteiger partial charge in [0.1, 0.15) is 5.02 Å². The normalized spacial score (nSPS) is 10.5. The summed E-state index contributed by atoms with van der Waals surface area (Å²) in [5.74, 6) is 0. The van der Waals surface area contributed by atoms with Crippen LogP contribution < -0.4 is 16.6 Å². The summed E-state index contributed by atoms with van der Waals surface area (Å²) < 4.78 is 1.20. The number of hydrogen-bond donors (Lipinski definition) is 2. The Balaban J connectivity index is 2.10. The molecule has 19 heavy (non-hydrogen) atoms. The number of nitrogens with two attached hydrogens (primary N) is 1. The summed E-state index contributed by atoms with van der Waals surface area (Å²) in [6, 6.07) is 7.91. The molecular weight excluding hydrogens is 264 g/mol. The van der Waals surface area contributed by atoms with Crippen LogP contribution in [0.25, 0.3) is 0 Å². The second-order valence-corrected chi connectivity index (χ2v) is 4.55. The quantitative estimate of drug-likeness (QED) is 0.889. The van der Waals surface area contributed by atoms with E-state index in [-0.39, 0.29) is 10.6 Å². The van der Waals surface area contributed by atoms with E-state index < -0.39 is 0 Å². The molecule has 1 heterocycles. The first-order valence-corrected chi connectivity index (χ1v) is 6.23. The Labute approximate surface area is 116 Å². The van der Waals surface area contributed by atoms with E-state index in [2.05, 4.69) is 10.4 Å². The van der Waals surface area contributed by atoms with Gasteiger partial charge in [-0.15, -0.1) is 0 Å². The van der Waals surface area contributed by atoms with E-state index in [9.17, 15) is 4.79 Å². The van der Waals surface area contributed by atoms with Crippen molar-refractivity contribution in [3.8, 4) is 0 Å². The van der Waals surface area contributed by atoms with Crippen LogP contribution >= 0.6 is 11.6 Å². The highest BCUT2D eigenvalue weighted by Crippen LogP contribution is 2.16. The molecule has 0 fully saturated rings. The maximum absolute atomic E-state index is 11.6. The number of nitrogens with one attached hydrogen (secondary N) is 1. The molecule has 0 atom stereocenters. The Morgan fingerprint density at radius 3 is 2.58 bits per heavy atom. The van der Waals surface area contributed by atoms with E-state index in [1.165, 1.54) is 10.9 Å². The van der Waals surface area contributed by atoms with Gasteiger partial charge in [-0.3, -0.25) is 4.79 Å². The summed E-state index contributed by atoms with van der Waals surface area (Å²) in [6.07, 6.45) is 1.54. The van der Waals surface area contributed by atoms with Gasteiger partial charge >= 0.3 is 0 Å². The Kier molecular flexibility index (Phi) is 4.19. The molecule has 0 saturated heterocycles. The van der Waals surface area contributed by atoms with Gasteiger partial charge < -0.3 is 11.1 Å². The van der Waals surface area contributed by atoms with Crippen molar-refractivity contribution in [2.24, 2.45) is 12.8 Å². The Hall–Kier alpha value is -1.85. The predicted octanol–water partition coefficient (Wildman–Crippen LogP) is 1.50. The molecule has 2 rings (SSSR count). The molecule has 0 spiro atoms. The van der Waals surface area contributed by atoms with Crippen molar-refractivity contribution in [2.45, 2.75) is 13.1 Å². The summed E-state index contributed by atoms with van der Waals surface area (Å²) in [6.45, 7) is 1.09. The van der Waals surface area contributed by atoms with E-state index in [0.717, 1.165) is 11.1 Å². The summed E-state index contributed by atoms with van der Waals surface area (Å²) in [5, 5.41) is 7.16. The molecule has 6 heteroatoms. The van der Waals surface area contributed by atoms with Crippen molar-refractivity contribution in [2.75, 3.05) is 5.32 Å². The fourth-order valence-corrected chi connectivity index (χ4v) is 1.86. The fourth-order valence-electron chi connectivity index (χ4n) is 1.62. The lowest BCUT2D eigenvalue weighted by Crippen LogP contribution is -2.21. The molecule has 0 unspecified atom stereocenters. The second kappa shape index (κ2) is 5.86. The van der Waals surface area contributed by atoms with Gasteiger partial charge in [-0.1, -0.05) is 35.9 Å². The lowest BCUT2D eigenvalue weighted by atomic mass is 10.1. The van der Waals surface area contributed by atoms with Crippen molar-refractivity contribution in [3.63, 3.8) is 0 Å². The molecule has 0 amide bonds. The minimum atomic E-state index is -0.315. The number of hydrogen-bond acceptors (Lipinski definition) is 4. The monoisotopic (exact) mass is 278 g/mol. The third-order valence-electron chi connectivity index (χ3n) is 2.82. The summed E-state index contributed by atoms with van der Waals surface area (Å²) in [7, 11) is 1.56. The van der Waals surface area contributed by atoms with Gasteiger partial charge in [0, 0.05) is 20.1 Å². The molecule has 0 saturated carbocycles. The highest BCUT2D eigenvalue weighted by Gasteiger charge is 2.06. The molecule has 0 bridgehead atoms. The number of aryl methyl sites for hydroxylation is 1. The van der Waals surface area contributed by atoms with E-state index in [4.69, 9.17) is 17.3 Å². The summed E-state index contributed by atoms with van der Waals surface area (Å²) in [4.78, 5) is 11.6. The topological polar surface area (TPSA) is 72.9 Å². The Morgan fingerprint density at radius 1 is 1.32 bits per heavy atom. The van der Waals surface area contributed by atoms with Crippen molar-refractivity contribution in [1.82, 2.24) is 9.78 Å². The number of nitrogens with zero attached hydrogens (tertiary/aromatic N) is 2. The van der Waals surface area contributed by atoms with E-state index >= 15 is 0 Å². The number of rotatable bonds is 4. The van der Waals surface area contributed by atoms with Crippen LogP contribution in [0.4, 0.5) is 5.69 Å². The molecule has 1 aromatic heterocycles.